The summed E-state index contributed by atoms with van der Waals surface area (Å²) in [6.45, 7) is 3.08. The van der Waals surface area contributed by atoms with E-state index in [1.54, 1.807) is 18.2 Å². The van der Waals surface area contributed by atoms with Gasteiger partial charge in [-0.05, 0) is 54.0 Å². The van der Waals surface area contributed by atoms with Crippen LogP contribution in [0.2, 0.25) is 5.02 Å². The Morgan fingerprint density at radius 2 is 1.97 bits per heavy atom. The summed E-state index contributed by atoms with van der Waals surface area (Å²) in [6, 6.07) is 14.9. The summed E-state index contributed by atoms with van der Waals surface area (Å²) in [7, 11) is 1.96. The van der Waals surface area contributed by atoms with Crippen LogP contribution in [0.5, 0.6) is 0 Å². The van der Waals surface area contributed by atoms with Gasteiger partial charge in [0.1, 0.15) is 5.70 Å². The van der Waals surface area contributed by atoms with Crippen molar-refractivity contribution in [3.63, 3.8) is 0 Å². The fourth-order valence-electron chi connectivity index (χ4n) is 4.33. The van der Waals surface area contributed by atoms with Gasteiger partial charge in [0, 0.05) is 25.2 Å². The van der Waals surface area contributed by atoms with Crippen LogP contribution < -0.4 is 0 Å². The van der Waals surface area contributed by atoms with Gasteiger partial charge in [0.05, 0.1) is 30.3 Å². The van der Waals surface area contributed by atoms with Crippen LogP contribution in [0.25, 0.3) is 0 Å². The van der Waals surface area contributed by atoms with E-state index in [2.05, 4.69) is 18.0 Å². The minimum Gasteiger partial charge on any atom is -0.392 e. The Labute approximate surface area is 181 Å². The van der Waals surface area contributed by atoms with E-state index in [1.807, 2.05) is 47.3 Å². The smallest absolute Gasteiger partial charge is 0.271 e. The molecule has 1 N–H and O–H groups in total. The molecule has 7 heteroatoms. The molecule has 6 nitrogen and oxygen atoms in total. The lowest BCUT2D eigenvalue weighted by Crippen LogP contribution is -2.55. The van der Waals surface area contributed by atoms with Crippen molar-refractivity contribution in [3.05, 3.63) is 81.5 Å². The van der Waals surface area contributed by atoms with Crippen LogP contribution in [0.15, 0.2) is 54.2 Å². The molecule has 2 aliphatic rings. The van der Waals surface area contributed by atoms with E-state index in [9.17, 15) is 9.90 Å². The molecule has 0 aromatic heterocycles. The summed E-state index contributed by atoms with van der Waals surface area (Å²) >= 11 is 6.09. The van der Waals surface area contributed by atoms with E-state index in [4.69, 9.17) is 16.9 Å². The molecular formula is C23H23ClN4O2. The molecule has 0 saturated carbocycles. The normalized spacial score (nSPS) is 21.4. The highest BCUT2D eigenvalue weighted by molar-refractivity contribution is 6.30. The number of hydrazine groups is 1. The number of nitriles is 1. The third-order valence-corrected chi connectivity index (χ3v) is 6.00. The van der Waals surface area contributed by atoms with Gasteiger partial charge in [0.2, 0.25) is 0 Å². The number of carbonyl (C=O) groups is 1. The van der Waals surface area contributed by atoms with Gasteiger partial charge in [-0.25, -0.2) is 5.01 Å². The van der Waals surface area contributed by atoms with Gasteiger partial charge in [-0.3, -0.25) is 9.80 Å². The van der Waals surface area contributed by atoms with E-state index in [-0.39, 0.29) is 24.6 Å². The number of carbonyl (C=O) groups excluding carboxylic acids is 1. The number of hydrogen-bond acceptors (Lipinski definition) is 5. The van der Waals surface area contributed by atoms with Crippen molar-refractivity contribution in [2.45, 2.75) is 32.2 Å². The Morgan fingerprint density at radius 1 is 1.23 bits per heavy atom. The largest absolute Gasteiger partial charge is 0.392 e. The lowest BCUT2D eigenvalue weighted by Gasteiger charge is -2.44. The maximum atomic E-state index is 13.3. The second-order valence-corrected chi connectivity index (χ2v) is 8.20. The molecule has 4 rings (SSSR count). The van der Waals surface area contributed by atoms with E-state index < -0.39 is 0 Å². The van der Waals surface area contributed by atoms with Crippen molar-refractivity contribution in [2.75, 3.05) is 13.6 Å². The predicted octanol–water partition coefficient (Wildman–Crippen LogP) is 3.22. The Kier molecular flexibility index (Phi) is 5.52. The topological polar surface area (TPSA) is 70.8 Å². The molecule has 2 heterocycles. The first-order chi connectivity index (χ1) is 14.4. The van der Waals surface area contributed by atoms with Gasteiger partial charge >= 0.3 is 0 Å². The molecule has 154 valence electrons. The second kappa shape index (κ2) is 8.11. The first kappa shape index (κ1) is 20.4. The quantitative estimate of drug-likeness (QED) is 0.819. The van der Waals surface area contributed by atoms with Crippen LogP contribution in [-0.4, -0.2) is 45.6 Å². The molecule has 1 saturated heterocycles. The fraction of sp³-hybridized carbons (Fsp3) is 0.304. The van der Waals surface area contributed by atoms with Gasteiger partial charge in [-0.15, -0.1) is 0 Å². The Balaban J connectivity index is 1.62. The Morgan fingerprint density at radius 3 is 2.63 bits per heavy atom. The maximum Gasteiger partial charge on any atom is 0.271 e. The number of rotatable bonds is 4. The summed E-state index contributed by atoms with van der Waals surface area (Å²) in [4.78, 5) is 15.1. The van der Waals surface area contributed by atoms with E-state index in [0.717, 1.165) is 16.7 Å². The summed E-state index contributed by atoms with van der Waals surface area (Å²) in [5.41, 5.74) is 3.94. The van der Waals surface area contributed by atoms with Gasteiger partial charge in [0.25, 0.3) is 5.91 Å². The summed E-state index contributed by atoms with van der Waals surface area (Å²) in [6.07, 6.45) is 1.96. The van der Waals surface area contributed by atoms with E-state index in [0.29, 0.717) is 29.4 Å². The highest BCUT2D eigenvalue weighted by Crippen LogP contribution is 2.39. The molecule has 2 aromatic carbocycles. The average Bonchev–Trinajstić information content (AvgIpc) is 3.10. The highest BCUT2D eigenvalue weighted by atomic mass is 35.5. The number of nitrogens with zero attached hydrogens (tertiary/aromatic N) is 4. The molecule has 2 aliphatic heterocycles. The van der Waals surface area contributed by atoms with Crippen molar-refractivity contribution < 1.29 is 9.90 Å². The molecule has 2 atom stereocenters. The average molecular weight is 423 g/mol. The molecular weight excluding hydrogens is 400 g/mol. The molecule has 1 amide bonds. The lowest BCUT2D eigenvalue weighted by molar-refractivity contribution is -0.140. The molecule has 30 heavy (non-hydrogen) atoms. The number of likely N-dealkylation sites (N-methyl/N-ethyl adjacent to an activating group) is 1. The SMILES string of the molecule is CC1CN(Cc2ccc(C#N)cc2)C(=O)C2=CC(c3ccc(Cl)cc3CO)N(C)N21. The number of aliphatic hydroxyl groups excluding tert-OH is 1. The molecule has 0 spiro atoms. The molecule has 0 bridgehead atoms. The van der Waals surface area contributed by atoms with Gasteiger partial charge in [-0.1, -0.05) is 29.8 Å². The predicted molar refractivity (Wildman–Crippen MR) is 114 cm³/mol. The van der Waals surface area contributed by atoms with Crippen LogP contribution in [0.3, 0.4) is 0 Å². The number of benzene rings is 2. The molecule has 2 aromatic rings. The highest BCUT2D eigenvalue weighted by Gasteiger charge is 2.42. The monoisotopic (exact) mass is 422 g/mol. The summed E-state index contributed by atoms with van der Waals surface area (Å²) in [5, 5.41) is 23.4. The van der Waals surface area contributed by atoms with Crippen molar-refractivity contribution in [3.8, 4) is 6.07 Å². The summed E-state index contributed by atoms with van der Waals surface area (Å²) in [5.74, 6) is -0.0219. The molecule has 0 aliphatic carbocycles. The van der Waals surface area contributed by atoms with Crippen LogP contribution in [0.4, 0.5) is 0 Å². The number of aliphatic hydroxyl groups is 1. The number of amides is 1. The lowest BCUT2D eigenvalue weighted by atomic mass is 10.00. The second-order valence-electron chi connectivity index (χ2n) is 7.76. The van der Waals surface area contributed by atoms with E-state index >= 15 is 0 Å². The van der Waals surface area contributed by atoms with Crippen LogP contribution in [0.1, 0.15) is 35.2 Å². The molecule has 1 fully saturated rings. The summed E-state index contributed by atoms with van der Waals surface area (Å²) < 4.78 is 0. The first-order valence-corrected chi connectivity index (χ1v) is 10.2. The van der Waals surface area contributed by atoms with Gasteiger partial charge in [0.15, 0.2) is 0 Å². The number of piperazine rings is 1. The first-order valence-electron chi connectivity index (χ1n) is 9.84. The van der Waals surface area contributed by atoms with Crippen molar-refractivity contribution >= 4 is 17.5 Å². The fourth-order valence-corrected chi connectivity index (χ4v) is 4.52. The van der Waals surface area contributed by atoms with Crippen LogP contribution in [-0.2, 0) is 17.9 Å². The minimum atomic E-state index is -0.152. The van der Waals surface area contributed by atoms with Crippen molar-refractivity contribution in [1.29, 1.82) is 5.26 Å². The minimum absolute atomic E-state index is 0.0219. The zero-order valence-electron chi connectivity index (χ0n) is 16.9. The number of fused-ring (bicyclic) bond motifs is 1. The van der Waals surface area contributed by atoms with E-state index in [1.165, 1.54) is 0 Å². The zero-order chi connectivity index (χ0) is 21.4. The maximum absolute atomic E-state index is 13.3. The van der Waals surface area contributed by atoms with Gasteiger partial charge < -0.3 is 10.0 Å². The molecule has 2 unspecified atom stereocenters. The van der Waals surface area contributed by atoms with Crippen LogP contribution in [0, 0.1) is 11.3 Å². The standard InChI is InChI=1S/C23H23ClN4O2/c1-15-12-27(13-17-5-3-16(11-25)4-6-17)23(30)22-10-21(26(2)28(15)22)20-8-7-19(24)9-18(20)14-29/h3-10,15,21,29H,12-14H2,1-2H3. The third kappa shape index (κ3) is 3.56. The zero-order valence-corrected chi connectivity index (χ0v) is 17.7. The number of hydrogen-bond donors (Lipinski definition) is 1. The Hall–Kier alpha value is -2.85. The molecule has 0 radical (unpaired) electrons. The van der Waals surface area contributed by atoms with Crippen molar-refractivity contribution in [2.24, 2.45) is 0 Å². The Bertz CT molecular complexity index is 1040. The third-order valence-electron chi connectivity index (χ3n) is 5.76. The van der Waals surface area contributed by atoms with Crippen LogP contribution >= 0.6 is 11.6 Å². The van der Waals surface area contributed by atoms with Crippen molar-refractivity contribution in [1.82, 2.24) is 14.9 Å². The number of halogens is 1. The van der Waals surface area contributed by atoms with Gasteiger partial charge in [-0.2, -0.15) is 5.26 Å².